The zero-order valence-corrected chi connectivity index (χ0v) is 10.3. The molecule has 1 saturated carbocycles. The Balaban J connectivity index is 1.90. The fraction of sp³-hybridized carbons (Fsp3) is 0.600. The fourth-order valence-electron chi connectivity index (χ4n) is 2.56. The maximum absolute atomic E-state index is 3.52. The van der Waals surface area contributed by atoms with Gasteiger partial charge >= 0.3 is 0 Å². The second-order valence-corrected chi connectivity index (χ2v) is 4.95. The van der Waals surface area contributed by atoms with Crippen LogP contribution in [0.3, 0.4) is 0 Å². The summed E-state index contributed by atoms with van der Waals surface area (Å²) in [6.45, 7) is 4.48. The standard InChI is InChI=1S/C15H23N/c1-2-16-12-15(14-9-6-10-14)11-13-7-4-3-5-8-13/h3-5,7-8,14-16H,2,6,9-12H2,1H3. The predicted molar refractivity (Wildman–Crippen MR) is 69.5 cm³/mol. The number of benzene rings is 1. The molecule has 1 fully saturated rings. The van der Waals surface area contributed by atoms with E-state index in [0.717, 1.165) is 18.4 Å². The predicted octanol–water partition coefficient (Wildman–Crippen LogP) is 3.25. The van der Waals surface area contributed by atoms with Crippen LogP contribution in [0.15, 0.2) is 30.3 Å². The van der Waals surface area contributed by atoms with Gasteiger partial charge in [0, 0.05) is 0 Å². The molecule has 0 spiro atoms. The van der Waals surface area contributed by atoms with Crippen LogP contribution in [0.4, 0.5) is 0 Å². The lowest BCUT2D eigenvalue weighted by Gasteiger charge is -2.34. The third kappa shape index (κ3) is 3.08. The highest BCUT2D eigenvalue weighted by atomic mass is 14.8. The van der Waals surface area contributed by atoms with Crippen LogP contribution < -0.4 is 5.32 Å². The molecule has 0 radical (unpaired) electrons. The smallest absolute Gasteiger partial charge is 0.00148 e. The van der Waals surface area contributed by atoms with Gasteiger partial charge in [-0.05, 0) is 36.9 Å². The average molecular weight is 217 g/mol. The highest BCUT2D eigenvalue weighted by Gasteiger charge is 2.26. The van der Waals surface area contributed by atoms with Gasteiger partial charge in [-0.2, -0.15) is 0 Å². The highest BCUT2D eigenvalue weighted by Crippen LogP contribution is 2.34. The molecule has 16 heavy (non-hydrogen) atoms. The van der Waals surface area contributed by atoms with Gasteiger partial charge in [-0.15, -0.1) is 0 Å². The molecular weight excluding hydrogens is 194 g/mol. The molecule has 0 bridgehead atoms. The topological polar surface area (TPSA) is 12.0 Å². The van der Waals surface area contributed by atoms with E-state index < -0.39 is 0 Å². The van der Waals surface area contributed by atoms with Crippen LogP contribution in [0.1, 0.15) is 31.7 Å². The Bertz CT molecular complexity index is 290. The van der Waals surface area contributed by atoms with E-state index in [1.807, 2.05) is 0 Å². The van der Waals surface area contributed by atoms with Gasteiger partial charge in [0.2, 0.25) is 0 Å². The van der Waals surface area contributed by atoms with Gasteiger partial charge < -0.3 is 5.32 Å². The van der Waals surface area contributed by atoms with E-state index in [-0.39, 0.29) is 0 Å². The zero-order chi connectivity index (χ0) is 11.2. The van der Waals surface area contributed by atoms with Crippen LogP contribution in [-0.2, 0) is 6.42 Å². The van der Waals surface area contributed by atoms with Crippen molar-refractivity contribution in [2.75, 3.05) is 13.1 Å². The molecule has 0 heterocycles. The minimum absolute atomic E-state index is 0.844. The summed E-state index contributed by atoms with van der Waals surface area (Å²) in [5, 5.41) is 3.52. The van der Waals surface area contributed by atoms with E-state index in [0.29, 0.717) is 0 Å². The Morgan fingerprint density at radius 2 is 2.00 bits per heavy atom. The monoisotopic (exact) mass is 217 g/mol. The molecule has 88 valence electrons. The molecule has 0 aromatic heterocycles. The van der Waals surface area contributed by atoms with Gasteiger partial charge in [-0.1, -0.05) is 56.5 Å². The second-order valence-electron chi connectivity index (χ2n) is 4.95. The molecule has 0 aliphatic heterocycles. The Labute approximate surface area is 99.3 Å². The summed E-state index contributed by atoms with van der Waals surface area (Å²) in [6.07, 6.45) is 5.59. The number of rotatable bonds is 6. The number of hydrogen-bond donors (Lipinski definition) is 1. The molecule has 1 aromatic carbocycles. The lowest BCUT2D eigenvalue weighted by molar-refractivity contribution is 0.200. The molecule has 0 amide bonds. The van der Waals surface area contributed by atoms with E-state index in [4.69, 9.17) is 0 Å². The first-order chi connectivity index (χ1) is 7.90. The zero-order valence-electron chi connectivity index (χ0n) is 10.3. The lowest BCUT2D eigenvalue weighted by atomic mass is 9.73. The minimum Gasteiger partial charge on any atom is -0.317 e. The van der Waals surface area contributed by atoms with Crippen molar-refractivity contribution in [2.24, 2.45) is 11.8 Å². The first-order valence-corrected chi connectivity index (χ1v) is 6.64. The van der Waals surface area contributed by atoms with Gasteiger partial charge in [0.15, 0.2) is 0 Å². The second kappa shape index (κ2) is 6.05. The van der Waals surface area contributed by atoms with Gasteiger partial charge in [-0.25, -0.2) is 0 Å². The fourth-order valence-corrected chi connectivity index (χ4v) is 2.56. The Morgan fingerprint density at radius 1 is 1.25 bits per heavy atom. The average Bonchev–Trinajstić information content (AvgIpc) is 2.25. The molecule has 1 nitrogen and oxygen atoms in total. The largest absolute Gasteiger partial charge is 0.317 e. The van der Waals surface area contributed by atoms with Crippen LogP contribution in [0.5, 0.6) is 0 Å². The van der Waals surface area contributed by atoms with E-state index in [1.165, 1.54) is 37.8 Å². The molecule has 1 aliphatic rings. The van der Waals surface area contributed by atoms with E-state index in [2.05, 4.69) is 42.6 Å². The van der Waals surface area contributed by atoms with Gasteiger partial charge in [0.1, 0.15) is 0 Å². The molecule has 2 rings (SSSR count). The Hall–Kier alpha value is -0.820. The Kier molecular flexibility index (Phi) is 4.41. The first kappa shape index (κ1) is 11.7. The van der Waals surface area contributed by atoms with Crippen molar-refractivity contribution in [3.8, 4) is 0 Å². The summed E-state index contributed by atoms with van der Waals surface area (Å²) in [5.74, 6) is 1.82. The Morgan fingerprint density at radius 3 is 2.56 bits per heavy atom. The van der Waals surface area contributed by atoms with Crippen molar-refractivity contribution >= 4 is 0 Å². The van der Waals surface area contributed by atoms with Crippen LogP contribution in [0.25, 0.3) is 0 Å². The third-order valence-electron chi connectivity index (χ3n) is 3.81. The van der Waals surface area contributed by atoms with E-state index in [9.17, 15) is 0 Å². The third-order valence-corrected chi connectivity index (χ3v) is 3.81. The van der Waals surface area contributed by atoms with Gasteiger partial charge in [-0.3, -0.25) is 0 Å². The molecule has 1 unspecified atom stereocenters. The highest BCUT2D eigenvalue weighted by molar-refractivity contribution is 5.15. The maximum Gasteiger partial charge on any atom is -0.00148 e. The summed E-state index contributed by atoms with van der Waals surface area (Å²) >= 11 is 0. The van der Waals surface area contributed by atoms with Crippen molar-refractivity contribution in [3.63, 3.8) is 0 Å². The van der Waals surface area contributed by atoms with Gasteiger partial charge in [0.05, 0.1) is 0 Å². The van der Waals surface area contributed by atoms with Crippen molar-refractivity contribution < 1.29 is 0 Å². The normalized spacial score (nSPS) is 18.1. The van der Waals surface area contributed by atoms with Crippen LogP contribution in [-0.4, -0.2) is 13.1 Å². The van der Waals surface area contributed by atoms with Gasteiger partial charge in [0.25, 0.3) is 0 Å². The summed E-state index contributed by atoms with van der Waals surface area (Å²) in [4.78, 5) is 0. The number of hydrogen-bond acceptors (Lipinski definition) is 1. The van der Waals surface area contributed by atoms with Crippen molar-refractivity contribution in [1.29, 1.82) is 0 Å². The van der Waals surface area contributed by atoms with E-state index >= 15 is 0 Å². The van der Waals surface area contributed by atoms with Crippen LogP contribution in [0, 0.1) is 11.8 Å². The molecule has 1 heteroatoms. The molecule has 1 aliphatic carbocycles. The molecule has 0 saturated heterocycles. The van der Waals surface area contributed by atoms with Crippen molar-refractivity contribution in [2.45, 2.75) is 32.6 Å². The van der Waals surface area contributed by atoms with Crippen molar-refractivity contribution in [3.05, 3.63) is 35.9 Å². The van der Waals surface area contributed by atoms with Crippen molar-refractivity contribution in [1.82, 2.24) is 5.32 Å². The summed E-state index contributed by atoms with van der Waals surface area (Å²) in [6, 6.07) is 10.9. The van der Waals surface area contributed by atoms with Crippen LogP contribution >= 0.6 is 0 Å². The minimum atomic E-state index is 0.844. The summed E-state index contributed by atoms with van der Waals surface area (Å²) in [5.41, 5.74) is 1.50. The lowest BCUT2D eigenvalue weighted by Crippen LogP contribution is -2.33. The maximum atomic E-state index is 3.52. The summed E-state index contributed by atoms with van der Waals surface area (Å²) < 4.78 is 0. The summed E-state index contributed by atoms with van der Waals surface area (Å²) in [7, 11) is 0. The molecular formula is C15H23N. The van der Waals surface area contributed by atoms with Crippen LogP contribution in [0.2, 0.25) is 0 Å². The molecule has 1 atom stereocenters. The first-order valence-electron chi connectivity index (χ1n) is 6.64. The quantitative estimate of drug-likeness (QED) is 0.771. The number of nitrogens with one attached hydrogen (secondary N) is 1. The SMILES string of the molecule is CCNCC(Cc1ccccc1)C1CCC1. The van der Waals surface area contributed by atoms with E-state index in [1.54, 1.807) is 0 Å². The molecule has 1 aromatic rings. The molecule has 1 N–H and O–H groups in total.